The van der Waals surface area contributed by atoms with Gasteiger partial charge in [-0.05, 0) is 37.7 Å². The number of hydrogen-bond donors (Lipinski definition) is 2. The number of aliphatic hydroxyl groups is 2. The van der Waals surface area contributed by atoms with Crippen LogP contribution in [-0.2, 0) is 9.53 Å². The van der Waals surface area contributed by atoms with Gasteiger partial charge in [0.05, 0.1) is 6.10 Å². The average molecular weight is 336 g/mol. The molecule has 136 valence electrons. The maximum atomic E-state index is 12.1. The van der Waals surface area contributed by atoms with Crippen LogP contribution in [0.1, 0.15) is 72.6 Å². The highest BCUT2D eigenvalue weighted by atomic mass is 16.7. The van der Waals surface area contributed by atoms with Crippen molar-refractivity contribution >= 4 is 5.78 Å². The third kappa shape index (κ3) is 2.26. The van der Waals surface area contributed by atoms with Crippen LogP contribution >= 0.6 is 0 Å². The first-order valence-electron chi connectivity index (χ1n) is 9.31. The van der Waals surface area contributed by atoms with Crippen LogP contribution in [0.5, 0.6) is 0 Å². The van der Waals surface area contributed by atoms with E-state index in [4.69, 9.17) is 4.74 Å². The van der Waals surface area contributed by atoms with E-state index in [1.54, 1.807) is 0 Å². The van der Waals surface area contributed by atoms with Gasteiger partial charge >= 0.3 is 0 Å². The highest BCUT2D eigenvalue weighted by Gasteiger charge is 2.72. The topological polar surface area (TPSA) is 66.8 Å². The molecule has 1 aliphatic carbocycles. The molecule has 1 spiro atoms. The Kier molecular flexibility index (Phi) is 4.06. The fraction of sp³-hybridized carbons (Fsp3) is 0.850. The highest BCUT2D eigenvalue weighted by Crippen LogP contribution is 2.69. The van der Waals surface area contributed by atoms with Crippen molar-refractivity contribution in [1.29, 1.82) is 0 Å². The standard InChI is InChI=1S/C20H32O4/c1-13(2)15(21)6-9-18(5)12-19-14(3)16(22)7-8-17(19,4)10-11-20(18,23)24-19/h13,16,22-23H,3,6-12H2,1-2,4-5H3. The molecule has 5 unspecified atom stereocenters. The summed E-state index contributed by atoms with van der Waals surface area (Å²) >= 11 is 0. The number of Topliss-reactive ketones (excluding diaryl/α,β-unsaturated/α-hetero) is 1. The van der Waals surface area contributed by atoms with Gasteiger partial charge in [-0.15, -0.1) is 0 Å². The molecule has 24 heavy (non-hydrogen) atoms. The third-order valence-corrected chi connectivity index (χ3v) is 7.37. The van der Waals surface area contributed by atoms with Gasteiger partial charge in [-0.25, -0.2) is 0 Å². The van der Waals surface area contributed by atoms with Crippen molar-refractivity contribution < 1.29 is 19.7 Å². The minimum atomic E-state index is -1.23. The normalized spacial score (nSPS) is 47.8. The van der Waals surface area contributed by atoms with Crippen molar-refractivity contribution in [3.05, 3.63) is 12.2 Å². The minimum absolute atomic E-state index is 0.0137. The molecular formula is C20H32O4. The van der Waals surface area contributed by atoms with Crippen LogP contribution in [-0.4, -0.2) is 33.5 Å². The average Bonchev–Trinajstić information content (AvgIpc) is 2.72. The van der Waals surface area contributed by atoms with Gasteiger partial charge < -0.3 is 14.9 Å². The smallest absolute Gasteiger partial charge is 0.172 e. The molecule has 2 saturated heterocycles. The zero-order valence-electron chi connectivity index (χ0n) is 15.5. The van der Waals surface area contributed by atoms with Gasteiger partial charge in [0.15, 0.2) is 5.79 Å². The van der Waals surface area contributed by atoms with E-state index >= 15 is 0 Å². The zero-order valence-corrected chi connectivity index (χ0v) is 15.5. The Hall–Kier alpha value is -0.710. The number of hydrogen-bond acceptors (Lipinski definition) is 4. The fourth-order valence-electron chi connectivity index (χ4n) is 5.24. The van der Waals surface area contributed by atoms with Crippen LogP contribution in [0.15, 0.2) is 12.2 Å². The van der Waals surface area contributed by atoms with Gasteiger partial charge in [-0.3, -0.25) is 4.79 Å². The fourth-order valence-corrected chi connectivity index (χ4v) is 5.24. The van der Waals surface area contributed by atoms with Gasteiger partial charge in [-0.1, -0.05) is 34.3 Å². The van der Waals surface area contributed by atoms with E-state index in [0.29, 0.717) is 37.7 Å². The molecule has 0 amide bonds. The Morgan fingerprint density at radius 1 is 1.33 bits per heavy atom. The van der Waals surface area contributed by atoms with Gasteiger partial charge in [0.1, 0.15) is 11.4 Å². The zero-order chi connectivity index (χ0) is 18.0. The Bertz CT molecular complexity index is 570. The van der Waals surface area contributed by atoms with E-state index < -0.39 is 22.9 Å². The van der Waals surface area contributed by atoms with Crippen LogP contribution in [0.3, 0.4) is 0 Å². The van der Waals surface area contributed by atoms with Crippen molar-refractivity contribution in [1.82, 2.24) is 0 Å². The van der Waals surface area contributed by atoms with Crippen LogP contribution in [0.4, 0.5) is 0 Å². The number of ketones is 1. The van der Waals surface area contributed by atoms with Gasteiger partial charge in [-0.2, -0.15) is 0 Å². The highest BCUT2D eigenvalue weighted by molar-refractivity contribution is 5.80. The van der Waals surface area contributed by atoms with Crippen LogP contribution in [0.2, 0.25) is 0 Å². The van der Waals surface area contributed by atoms with Crippen molar-refractivity contribution in [3.8, 4) is 0 Å². The number of fused-ring (bicyclic) bond motifs is 1. The molecule has 5 atom stereocenters. The molecule has 0 aromatic rings. The Balaban J connectivity index is 1.93. The first-order chi connectivity index (χ1) is 11.0. The quantitative estimate of drug-likeness (QED) is 0.773. The van der Waals surface area contributed by atoms with Gasteiger partial charge in [0.2, 0.25) is 0 Å². The van der Waals surface area contributed by atoms with E-state index in [-0.39, 0.29) is 17.1 Å². The summed E-state index contributed by atoms with van der Waals surface area (Å²) in [7, 11) is 0. The molecule has 3 fully saturated rings. The lowest BCUT2D eigenvalue weighted by atomic mass is 9.57. The second-order valence-electron chi connectivity index (χ2n) is 9.21. The summed E-state index contributed by atoms with van der Waals surface area (Å²) in [5.41, 5.74) is -0.550. The number of ether oxygens (including phenoxy) is 1. The molecule has 3 aliphatic rings. The molecule has 3 rings (SSSR count). The lowest BCUT2D eigenvalue weighted by molar-refractivity contribution is -0.306. The Morgan fingerprint density at radius 3 is 2.62 bits per heavy atom. The van der Waals surface area contributed by atoms with Crippen LogP contribution in [0, 0.1) is 16.7 Å². The summed E-state index contributed by atoms with van der Waals surface area (Å²) in [6, 6.07) is 0. The third-order valence-electron chi connectivity index (χ3n) is 7.37. The molecule has 0 radical (unpaired) electrons. The molecule has 4 heteroatoms. The van der Waals surface area contributed by atoms with Crippen molar-refractivity contribution in [3.63, 3.8) is 0 Å². The summed E-state index contributed by atoms with van der Waals surface area (Å²) in [5.74, 6) is -0.993. The molecule has 0 aromatic carbocycles. The predicted octanol–water partition coefficient (Wildman–Crippen LogP) is 3.36. The van der Waals surface area contributed by atoms with Gasteiger partial charge in [0.25, 0.3) is 0 Å². The molecule has 2 N–H and O–H groups in total. The van der Waals surface area contributed by atoms with E-state index in [1.807, 2.05) is 20.8 Å². The molecular weight excluding hydrogens is 304 g/mol. The van der Waals surface area contributed by atoms with E-state index in [1.165, 1.54) is 0 Å². The molecule has 1 saturated carbocycles. The van der Waals surface area contributed by atoms with E-state index in [0.717, 1.165) is 12.8 Å². The van der Waals surface area contributed by atoms with Crippen LogP contribution in [0.25, 0.3) is 0 Å². The molecule has 0 aromatic heterocycles. The molecule has 4 nitrogen and oxygen atoms in total. The van der Waals surface area contributed by atoms with Crippen molar-refractivity contribution in [2.24, 2.45) is 16.7 Å². The monoisotopic (exact) mass is 336 g/mol. The number of carbonyl (C=O) groups is 1. The Morgan fingerprint density at radius 2 is 2.00 bits per heavy atom. The summed E-state index contributed by atoms with van der Waals surface area (Å²) < 4.78 is 6.36. The SMILES string of the molecule is C=C1C(O)CCC2(C)CCC3(O)OC12CC3(C)CCC(=O)C(C)C. The predicted molar refractivity (Wildman–Crippen MR) is 92.3 cm³/mol. The maximum absolute atomic E-state index is 12.1. The number of rotatable bonds is 4. The largest absolute Gasteiger partial charge is 0.389 e. The molecule has 2 heterocycles. The summed E-state index contributed by atoms with van der Waals surface area (Å²) in [6.07, 6.45) is 4.17. The number of aliphatic hydroxyl groups excluding tert-OH is 1. The van der Waals surface area contributed by atoms with E-state index in [2.05, 4.69) is 13.5 Å². The second kappa shape index (κ2) is 5.39. The summed E-state index contributed by atoms with van der Waals surface area (Å²) in [5, 5.41) is 21.7. The van der Waals surface area contributed by atoms with Crippen LogP contribution < -0.4 is 0 Å². The lowest BCUT2D eigenvalue weighted by Gasteiger charge is -2.56. The maximum Gasteiger partial charge on any atom is 0.172 e. The first-order valence-corrected chi connectivity index (χ1v) is 9.31. The second-order valence-corrected chi connectivity index (χ2v) is 9.21. The number of carbonyl (C=O) groups excluding carboxylic acids is 1. The minimum Gasteiger partial charge on any atom is -0.389 e. The van der Waals surface area contributed by atoms with Crippen molar-refractivity contribution in [2.45, 2.75) is 90.1 Å². The summed E-state index contributed by atoms with van der Waals surface area (Å²) in [6.45, 7) is 12.2. The van der Waals surface area contributed by atoms with Gasteiger partial charge in [0, 0.05) is 29.6 Å². The molecule has 2 bridgehead atoms. The van der Waals surface area contributed by atoms with E-state index in [9.17, 15) is 15.0 Å². The molecule has 2 aliphatic heterocycles. The first kappa shape index (κ1) is 18.1. The summed E-state index contributed by atoms with van der Waals surface area (Å²) in [4.78, 5) is 12.1. The Labute approximate surface area is 145 Å². The lowest BCUT2D eigenvalue weighted by Crippen LogP contribution is -2.58. The van der Waals surface area contributed by atoms with Crippen molar-refractivity contribution in [2.75, 3.05) is 0 Å².